The van der Waals surface area contributed by atoms with E-state index in [1.165, 1.54) is 25.7 Å². The molecule has 13 heteroatoms. The fourth-order valence-electron chi connectivity index (χ4n) is 6.83. The van der Waals surface area contributed by atoms with Gasteiger partial charge in [0.2, 0.25) is 23.6 Å². The lowest BCUT2D eigenvalue weighted by molar-refractivity contribution is -0.129. The maximum absolute atomic E-state index is 12.4. The Bertz CT molecular complexity index is 1590. The van der Waals surface area contributed by atoms with E-state index < -0.39 is 11.8 Å². The fourth-order valence-corrected chi connectivity index (χ4v) is 6.83. The Balaban J connectivity index is 1.10. The number of unbranched alkanes of at least 4 members (excludes halogenated alkanes) is 2. The van der Waals surface area contributed by atoms with Crippen LogP contribution in [0.1, 0.15) is 109 Å². The standard InChI is InChI=1S/C38H59N9O4/c1-2-3-18-31-46-36-37(29-16-10-11-17-30(29)45-38(36)40)47(31)22-13-12-21-41-32(48)19-20-33(49)43-25-35(51)44-26-34(50)42-24-27-14-8-6-4-5-7-9-15-28(39)23-27/h10-11,16-17,27-28H,2-9,12-15,18-26,39H2,1H3,(H2,40,45)(H,41,48)(H,42,50)(H,43,49)(H,44,51). The predicted molar refractivity (Wildman–Crippen MR) is 202 cm³/mol. The molecule has 0 aliphatic heterocycles. The molecule has 8 N–H and O–H groups in total. The highest BCUT2D eigenvalue weighted by Gasteiger charge is 2.18. The molecule has 1 fully saturated rings. The molecule has 1 aromatic carbocycles. The summed E-state index contributed by atoms with van der Waals surface area (Å²) in [5.74, 6) is 0.411. The van der Waals surface area contributed by atoms with Crippen molar-refractivity contribution in [3.63, 3.8) is 0 Å². The Hall–Kier alpha value is -4.26. The smallest absolute Gasteiger partial charge is 0.239 e. The van der Waals surface area contributed by atoms with Crippen LogP contribution in [0.2, 0.25) is 0 Å². The van der Waals surface area contributed by atoms with Gasteiger partial charge in [0, 0.05) is 50.3 Å². The van der Waals surface area contributed by atoms with E-state index in [1.54, 1.807) is 0 Å². The molecule has 3 aromatic rings. The summed E-state index contributed by atoms with van der Waals surface area (Å²) in [6, 6.07) is 8.11. The van der Waals surface area contributed by atoms with Crippen molar-refractivity contribution in [2.45, 2.75) is 122 Å². The molecule has 4 rings (SSSR count). The number of amides is 4. The third kappa shape index (κ3) is 13.1. The fraction of sp³-hybridized carbons (Fsp3) is 0.632. The van der Waals surface area contributed by atoms with Gasteiger partial charge < -0.3 is 37.3 Å². The van der Waals surface area contributed by atoms with E-state index in [2.05, 4.69) is 37.7 Å². The second-order valence-corrected chi connectivity index (χ2v) is 14.0. The van der Waals surface area contributed by atoms with Crippen molar-refractivity contribution in [1.29, 1.82) is 0 Å². The molecule has 51 heavy (non-hydrogen) atoms. The summed E-state index contributed by atoms with van der Waals surface area (Å²) in [4.78, 5) is 58.7. The number of imidazole rings is 1. The van der Waals surface area contributed by atoms with E-state index in [0.29, 0.717) is 24.8 Å². The predicted octanol–water partition coefficient (Wildman–Crippen LogP) is 4.00. The number of nitrogen functional groups attached to an aromatic ring is 1. The number of nitrogens with zero attached hydrogens (tertiary/aromatic N) is 3. The van der Waals surface area contributed by atoms with Crippen LogP contribution in [0.3, 0.4) is 0 Å². The quantitative estimate of drug-likeness (QED) is 0.113. The third-order valence-electron chi connectivity index (χ3n) is 9.71. The normalized spacial score (nSPS) is 17.1. The number of nitrogens with one attached hydrogen (secondary N) is 4. The number of nitrogens with two attached hydrogens (primary N) is 2. The number of para-hydroxylation sites is 1. The largest absolute Gasteiger partial charge is 0.382 e. The summed E-state index contributed by atoms with van der Waals surface area (Å²) >= 11 is 0. The van der Waals surface area contributed by atoms with Crippen LogP contribution in [0.15, 0.2) is 24.3 Å². The molecule has 280 valence electrons. The minimum absolute atomic E-state index is 0.0201. The molecule has 1 saturated carbocycles. The van der Waals surface area contributed by atoms with Gasteiger partial charge in [0.1, 0.15) is 11.3 Å². The molecule has 2 atom stereocenters. The lowest BCUT2D eigenvalue weighted by Gasteiger charge is -2.21. The molecular formula is C38H59N9O4. The molecule has 1 aliphatic carbocycles. The Labute approximate surface area is 301 Å². The van der Waals surface area contributed by atoms with Gasteiger partial charge in [-0.3, -0.25) is 19.2 Å². The topological polar surface area (TPSA) is 199 Å². The zero-order chi connectivity index (χ0) is 36.4. The highest BCUT2D eigenvalue weighted by molar-refractivity contribution is 6.06. The van der Waals surface area contributed by atoms with E-state index in [0.717, 1.165) is 98.5 Å². The van der Waals surface area contributed by atoms with Gasteiger partial charge in [-0.1, -0.05) is 70.1 Å². The van der Waals surface area contributed by atoms with Crippen LogP contribution < -0.4 is 32.7 Å². The molecule has 2 aromatic heterocycles. The van der Waals surface area contributed by atoms with Gasteiger partial charge >= 0.3 is 0 Å². The second kappa shape index (κ2) is 21.2. The van der Waals surface area contributed by atoms with Crippen LogP contribution in [0.4, 0.5) is 5.82 Å². The van der Waals surface area contributed by atoms with Crippen LogP contribution in [0.25, 0.3) is 21.9 Å². The number of hydrogen-bond donors (Lipinski definition) is 6. The van der Waals surface area contributed by atoms with Gasteiger partial charge in [-0.15, -0.1) is 0 Å². The van der Waals surface area contributed by atoms with E-state index in [1.807, 2.05) is 24.3 Å². The summed E-state index contributed by atoms with van der Waals surface area (Å²) in [7, 11) is 0. The van der Waals surface area contributed by atoms with E-state index in [9.17, 15) is 19.2 Å². The van der Waals surface area contributed by atoms with Crippen molar-refractivity contribution in [2.24, 2.45) is 11.7 Å². The number of aryl methyl sites for hydroxylation is 2. The summed E-state index contributed by atoms with van der Waals surface area (Å²) in [5, 5.41) is 11.9. The number of pyridine rings is 1. The highest BCUT2D eigenvalue weighted by atomic mass is 16.2. The van der Waals surface area contributed by atoms with Crippen molar-refractivity contribution < 1.29 is 19.2 Å². The molecule has 0 radical (unpaired) electrons. The van der Waals surface area contributed by atoms with Gasteiger partial charge in [0.25, 0.3) is 0 Å². The van der Waals surface area contributed by atoms with Crippen molar-refractivity contribution in [2.75, 3.05) is 31.9 Å². The molecule has 2 unspecified atom stereocenters. The Morgan fingerprint density at radius 1 is 0.804 bits per heavy atom. The molecule has 0 saturated heterocycles. The number of benzene rings is 1. The summed E-state index contributed by atoms with van der Waals surface area (Å²) in [6.45, 7) is 3.51. The van der Waals surface area contributed by atoms with E-state index in [-0.39, 0.29) is 43.8 Å². The van der Waals surface area contributed by atoms with Crippen molar-refractivity contribution in [1.82, 2.24) is 35.8 Å². The zero-order valence-electron chi connectivity index (χ0n) is 30.4. The third-order valence-corrected chi connectivity index (χ3v) is 9.71. The SMILES string of the molecule is CCCCc1nc2c(N)nc3ccccc3c2n1CCCCNC(=O)CCC(=O)NCC(=O)NCC(=O)NCC1CCCCCCCCC(N)C1. The van der Waals surface area contributed by atoms with E-state index in [4.69, 9.17) is 16.5 Å². The van der Waals surface area contributed by atoms with Gasteiger partial charge in [0.15, 0.2) is 5.82 Å². The van der Waals surface area contributed by atoms with Crippen LogP contribution >= 0.6 is 0 Å². The number of carbonyl (C=O) groups is 4. The molecule has 0 spiro atoms. The van der Waals surface area contributed by atoms with Crippen LogP contribution in [-0.2, 0) is 32.1 Å². The summed E-state index contributed by atoms with van der Waals surface area (Å²) < 4.78 is 2.25. The molecule has 4 amide bonds. The lowest BCUT2D eigenvalue weighted by atomic mass is 9.93. The molecular weight excluding hydrogens is 646 g/mol. The Morgan fingerprint density at radius 3 is 2.24 bits per heavy atom. The van der Waals surface area contributed by atoms with Crippen LogP contribution in [0, 0.1) is 5.92 Å². The van der Waals surface area contributed by atoms with Crippen molar-refractivity contribution in [3.8, 4) is 0 Å². The first kappa shape index (κ1) is 39.5. The first-order valence-corrected chi connectivity index (χ1v) is 19.1. The number of hydrogen-bond acceptors (Lipinski definition) is 8. The highest BCUT2D eigenvalue weighted by Crippen LogP contribution is 2.29. The van der Waals surface area contributed by atoms with Crippen molar-refractivity contribution in [3.05, 3.63) is 30.1 Å². The first-order valence-electron chi connectivity index (χ1n) is 19.1. The molecule has 1 aliphatic rings. The minimum atomic E-state index is -0.463. The monoisotopic (exact) mass is 705 g/mol. The Morgan fingerprint density at radius 2 is 1.47 bits per heavy atom. The Kier molecular flexibility index (Phi) is 16.4. The molecule has 13 nitrogen and oxygen atoms in total. The van der Waals surface area contributed by atoms with Gasteiger partial charge in [0.05, 0.1) is 24.1 Å². The van der Waals surface area contributed by atoms with Gasteiger partial charge in [-0.25, -0.2) is 9.97 Å². The molecule has 2 heterocycles. The minimum Gasteiger partial charge on any atom is -0.382 e. The number of carbonyl (C=O) groups excluding carboxylic acids is 4. The van der Waals surface area contributed by atoms with Gasteiger partial charge in [-0.2, -0.15) is 0 Å². The van der Waals surface area contributed by atoms with Crippen LogP contribution in [0.5, 0.6) is 0 Å². The van der Waals surface area contributed by atoms with Crippen molar-refractivity contribution >= 4 is 51.4 Å². The number of fused-ring (bicyclic) bond motifs is 3. The van der Waals surface area contributed by atoms with Crippen LogP contribution in [-0.4, -0.2) is 70.4 Å². The maximum atomic E-state index is 12.4. The maximum Gasteiger partial charge on any atom is 0.239 e. The number of anilines is 1. The molecule has 0 bridgehead atoms. The average Bonchev–Trinajstić information content (AvgIpc) is 3.47. The zero-order valence-corrected chi connectivity index (χ0v) is 30.4. The number of rotatable bonds is 17. The lowest BCUT2D eigenvalue weighted by Crippen LogP contribution is -2.43. The summed E-state index contributed by atoms with van der Waals surface area (Å²) in [6.07, 6.45) is 14.7. The first-order chi connectivity index (χ1) is 24.7. The average molecular weight is 706 g/mol. The van der Waals surface area contributed by atoms with E-state index >= 15 is 0 Å². The number of aromatic nitrogens is 3. The summed E-state index contributed by atoms with van der Waals surface area (Å²) in [5.41, 5.74) is 15.2. The van der Waals surface area contributed by atoms with Gasteiger partial charge in [-0.05, 0) is 50.5 Å². The second-order valence-electron chi connectivity index (χ2n) is 14.0.